The van der Waals surface area contributed by atoms with Gasteiger partial charge in [-0.2, -0.15) is 5.10 Å². The molecule has 0 amide bonds. The molecule has 0 saturated carbocycles. The summed E-state index contributed by atoms with van der Waals surface area (Å²) in [5.74, 6) is 0. The van der Waals surface area contributed by atoms with Crippen LogP contribution in [0.3, 0.4) is 0 Å². The van der Waals surface area contributed by atoms with Crippen molar-refractivity contribution in [3.8, 4) is 10.6 Å². The second-order valence-electron chi connectivity index (χ2n) is 2.90. The van der Waals surface area contributed by atoms with Gasteiger partial charge in [0.1, 0.15) is 15.1 Å². The molecule has 17 heavy (non-hydrogen) atoms. The number of hydrogen-bond donors (Lipinski definition) is 1. The average molecular weight is 296 g/mol. The number of aromatic amines is 1. The zero-order chi connectivity index (χ0) is 11.8. The average Bonchev–Trinajstić information content (AvgIpc) is 2.64. The Morgan fingerprint density at radius 2 is 1.88 bits per heavy atom. The Kier molecular flexibility index (Phi) is 5.02. The molecule has 0 saturated heterocycles. The molecular weight excluding hydrogens is 291 g/mol. The van der Waals surface area contributed by atoms with E-state index in [1.807, 2.05) is 0 Å². The Hall–Kier alpha value is -0.0900. The molecule has 0 spiro atoms. The number of aromatic nitrogens is 2. The first-order valence-electron chi connectivity index (χ1n) is 4.09. The van der Waals surface area contributed by atoms with Gasteiger partial charge in [0.25, 0.3) is 0 Å². The van der Waals surface area contributed by atoms with E-state index in [2.05, 4.69) is 10.2 Å². The minimum atomic E-state index is -4.39. The molecule has 0 unspecified atom stereocenters. The fourth-order valence-electron chi connectivity index (χ4n) is 1.12. The van der Waals surface area contributed by atoms with Gasteiger partial charge < -0.3 is 4.55 Å². The molecule has 1 aromatic heterocycles. The maximum atomic E-state index is 10.7. The van der Waals surface area contributed by atoms with Gasteiger partial charge in [0.2, 0.25) is 0 Å². The van der Waals surface area contributed by atoms with E-state index in [1.165, 1.54) is 35.6 Å². The maximum Gasteiger partial charge on any atom is 1.00 e. The van der Waals surface area contributed by atoms with Crippen molar-refractivity contribution in [3.05, 3.63) is 28.2 Å². The van der Waals surface area contributed by atoms with Crippen LogP contribution in [-0.4, -0.2) is 23.2 Å². The summed E-state index contributed by atoms with van der Waals surface area (Å²) in [4.78, 5) is -0.254. The van der Waals surface area contributed by atoms with E-state index >= 15 is 0 Å². The number of nitrogens with one attached hydrogen (secondary N) is 1. The van der Waals surface area contributed by atoms with Crippen molar-refractivity contribution in [1.82, 2.24) is 10.2 Å². The van der Waals surface area contributed by atoms with E-state index in [0.717, 1.165) is 0 Å². The number of hydrogen-bond acceptors (Lipinski definition) is 6. The van der Waals surface area contributed by atoms with E-state index in [1.54, 1.807) is 0 Å². The van der Waals surface area contributed by atoms with Gasteiger partial charge >= 0.3 is 29.6 Å². The molecule has 84 valence electrons. The molecule has 2 aromatic rings. The molecule has 2 rings (SSSR count). The number of nitrogens with zero attached hydrogens (tertiary/aromatic N) is 1. The van der Waals surface area contributed by atoms with Crippen LogP contribution in [0.15, 0.2) is 29.2 Å². The molecule has 0 fully saturated rings. The van der Waals surface area contributed by atoms with Crippen LogP contribution in [0.5, 0.6) is 0 Å². The van der Waals surface area contributed by atoms with Crippen LogP contribution in [0, 0.1) is 3.95 Å². The van der Waals surface area contributed by atoms with Gasteiger partial charge in [-0.15, -0.1) is 0 Å². The van der Waals surface area contributed by atoms with Crippen LogP contribution in [0.2, 0.25) is 0 Å². The summed E-state index contributed by atoms with van der Waals surface area (Å²) in [6.45, 7) is 0. The van der Waals surface area contributed by atoms with Crippen LogP contribution < -0.4 is 29.6 Å². The van der Waals surface area contributed by atoms with Crippen LogP contribution in [0.1, 0.15) is 0 Å². The SMILES string of the molecule is O=S(=O)([O-])c1ccc(-c2n[nH]c(=S)s2)cc1.[Na+]. The van der Waals surface area contributed by atoms with Gasteiger partial charge in [-0.05, 0) is 24.4 Å². The Morgan fingerprint density at radius 3 is 2.29 bits per heavy atom. The molecule has 1 heterocycles. The Morgan fingerprint density at radius 1 is 1.29 bits per heavy atom. The van der Waals surface area contributed by atoms with Gasteiger partial charge in [-0.25, -0.2) is 8.42 Å². The molecule has 5 nitrogen and oxygen atoms in total. The smallest absolute Gasteiger partial charge is 0.744 e. The fourth-order valence-corrected chi connectivity index (χ4v) is 2.48. The summed E-state index contributed by atoms with van der Waals surface area (Å²) >= 11 is 6.15. The summed E-state index contributed by atoms with van der Waals surface area (Å²) in [5, 5.41) is 7.21. The van der Waals surface area contributed by atoms with Crippen LogP contribution in [-0.2, 0) is 10.1 Å². The summed E-state index contributed by atoms with van der Waals surface area (Å²) in [5.41, 5.74) is 0.713. The Bertz CT molecular complexity index is 660. The molecule has 0 aliphatic carbocycles. The first kappa shape index (κ1) is 15.0. The predicted molar refractivity (Wildman–Crippen MR) is 60.7 cm³/mol. The number of rotatable bonds is 2. The van der Waals surface area contributed by atoms with Crippen molar-refractivity contribution in [2.45, 2.75) is 4.90 Å². The van der Waals surface area contributed by atoms with E-state index in [9.17, 15) is 13.0 Å². The van der Waals surface area contributed by atoms with Crippen molar-refractivity contribution in [2.75, 3.05) is 0 Å². The maximum absolute atomic E-state index is 10.7. The molecule has 1 aromatic carbocycles. The summed E-state index contributed by atoms with van der Waals surface area (Å²) in [7, 11) is -4.39. The number of H-pyrrole nitrogens is 1. The second-order valence-corrected chi connectivity index (χ2v) is 5.94. The van der Waals surface area contributed by atoms with E-state index in [-0.39, 0.29) is 34.5 Å². The van der Waals surface area contributed by atoms with Gasteiger partial charge in [0, 0.05) is 5.56 Å². The molecule has 0 atom stereocenters. The van der Waals surface area contributed by atoms with Gasteiger partial charge in [-0.3, -0.25) is 5.10 Å². The molecule has 0 radical (unpaired) electrons. The standard InChI is InChI=1S/C8H6N2O3S3.Na/c11-16(12,13)6-3-1-5(2-4-6)7-9-10-8(14)15-7;/h1-4H,(H,10,14)(H,11,12,13);/q;+1/p-1. The first-order valence-corrected chi connectivity index (χ1v) is 6.72. The molecule has 9 heteroatoms. The van der Waals surface area contributed by atoms with Crippen molar-refractivity contribution in [2.24, 2.45) is 0 Å². The third-order valence-corrected chi connectivity index (χ3v) is 3.82. The van der Waals surface area contributed by atoms with Crippen LogP contribution in [0.4, 0.5) is 0 Å². The quantitative estimate of drug-likeness (QED) is 0.426. The Labute approximate surface area is 129 Å². The minimum Gasteiger partial charge on any atom is -0.744 e. The van der Waals surface area contributed by atoms with Crippen molar-refractivity contribution >= 4 is 33.7 Å². The van der Waals surface area contributed by atoms with E-state index < -0.39 is 10.1 Å². The van der Waals surface area contributed by atoms with Crippen molar-refractivity contribution < 1.29 is 42.5 Å². The third-order valence-electron chi connectivity index (χ3n) is 1.83. The van der Waals surface area contributed by atoms with Crippen LogP contribution in [0.25, 0.3) is 10.6 Å². The first-order chi connectivity index (χ1) is 7.47. The van der Waals surface area contributed by atoms with E-state index in [4.69, 9.17) is 12.2 Å². The third kappa shape index (κ3) is 3.68. The summed E-state index contributed by atoms with van der Waals surface area (Å²) in [6.07, 6.45) is 0. The largest absolute Gasteiger partial charge is 1.00 e. The normalized spacial score (nSPS) is 10.9. The fraction of sp³-hybridized carbons (Fsp3) is 0. The van der Waals surface area contributed by atoms with Crippen molar-refractivity contribution in [1.29, 1.82) is 0 Å². The van der Waals surface area contributed by atoms with Gasteiger partial charge in [0.15, 0.2) is 3.95 Å². The van der Waals surface area contributed by atoms with Crippen LogP contribution >= 0.6 is 23.6 Å². The molecular formula is C8H5N2NaO3S3. The molecule has 1 N–H and O–H groups in total. The van der Waals surface area contributed by atoms with Crippen molar-refractivity contribution in [3.63, 3.8) is 0 Å². The monoisotopic (exact) mass is 296 g/mol. The van der Waals surface area contributed by atoms with Gasteiger partial charge in [0.05, 0.1) is 4.90 Å². The molecule has 0 bridgehead atoms. The molecule has 0 aliphatic rings. The zero-order valence-corrected chi connectivity index (χ0v) is 13.2. The zero-order valence-electron chi connectivity index (χ0n) is 8.71. The predicted octanol–water partition coefficient (Wildman–Crippen LogP) is -1.22. The summed E-state index contributed by atoms with van der Waals surface area (Å²) < 4.78 is 32.6. The topological polar surface area (TPSA) is 85.9 Å². The summed E-state index contributed by atoms with van der Waals surface area (Å²) in [6, 6.07) is 5.54. The second kappa shape index (κ2) is 5.70. The minimum absolute atomic E-state index is 0. The van der Waals surface area contributed by atoms with E-state index in [0.29, 0.717) is 14.5 Å². The number of benzene rings is 1. The Balaban J connectivity index is 0.00000144. The molecule has 0 aliphatic heterocycles. The van der Waals surface area contributed by atoms with Gasteiger partial charge in [-0.1, -0.05) is 23.5 Å².